The minimum Gasteiger partial charge on any atom is -0.459 e. The van der Waals surface area contributed by atoms with E-state index in [1.54, 1.807) is 5.48 Å². The van der Waals surface area contributed by atoms with E-state index >= 15 is 0 Å². The molecule has 0 aromatic heterocycles. The zero-order valence-corrected chi connectivity index (χ0v) is 19.8. The lowest BCUT2D eigenvalue weighted by Gasteiger charge is -2.27. The second-order valence-corrected chi connectivity index (χ2v) is 8.69. The van der Waals surface area contributed by atoms with Crippen LogP contribution in [0.5, 0.6) is 0 Å². The van der Waals surface area contributed by atoms with Gasteiger partial charge in [0.05, 0.1) is 11.8 Å². The average molecular weight is 467 g/mol. The lowest BCUT2D eigenvalue weighted by atomic mass is 9.82. The molecule has 0 saturated carbocycles. The summed E-state index contributed by atoms with van der Waals surface area (Å²) >= 11 is 0. The summed E-state index contributed by atoms with van der Waals surface area (Å²) in [5, 5.41) is 12.0. The highest BCUT2D eigenvalue weighted by atomic mass is 16.5. The Hall–Kier alpha value is -3.45. The van der Waals surface area contributed by atoms with Gasteiger partial charge in [-0.1, -0.05) is 80.6 Å². The van der Waals surface area contributed by atoms with Crippen LogP contribution >= 0.6 is 0 Å². The van der Waals surface area contributed by atoms with Crippen LogP contribution in [0, 0.1) is 17.8 Å². The topological polar surface area (TPSA) is 105 Å². The number of hydrogen-bond acceptors (Lipinski definition) is 5. The van der Waals surface area contributed by atoms with Gasteiger partial charge in [0, 0.05) is 6.42 Å². The van der Waals surface area contributed by atoms with E-state index < -0.39 is 35.7 Å². The number of carbonyl (C=O) groups excluding carboxylic acids is 3. The SMILES string of the molecule is C=CC[C@H](C(=O)NO)[C@@H](CC(C)C)C(=O)NC(Cc1ccccc1)C(=O)OCc1ccccc1. The van der Waals surface area contributed by atoms with Crippen molar-refractivity contribution in [3.63, 3.8) is 0 Å². The summed E-state index contributed by atoms with van der Waals surface area (Å²) in [5.74, 6) is -3.13. The smallest absolute Gasteiger partial charge is 0.329 e. The number of esters is 1. The van der Waals surface area contributed by atoms with E-state index in [1.165, 1.54) is 6.08 Å². The van der Waals surface area contributed by atoms with Gasteiger partial charge in [-0.3, -0.25) is 14.8 Å². The maximum absolute atomic E-state index is 13.4. The van der Waals surface area contributed by atoms with Gasteiger partial charge in [0.2, 0.25) is 11.8 Å². The summed E-state index contributed by atoms with van der Waals surface area (Å²) in [6, 6.07) is 17.7. The number of carbonyl (C=O) groups is 3. The van der Waals surface area contributed by atoms with Crippen molar-refractivity contribution in [2.45, 2.75) is 45.8 Å². The van der Waals surface area contributed by atoms with Crippen molar-refractivity contribution < 1.29 is 24.3 Å². The summed E-state index contributed by atoms with van der Waals surface area (Å²) < 4.78 is 5.51. The molecule has 0 radical (unpaired) electrons. The van der Waals surface area contributed by atoms with Crippen molar-refractivity contribution in [2.24, 2.45) is 17.8 Å². The number of nitrogens with one attached hydrogen (secondary N) is 2. The van der Waals surface area contributed by atoms with Gasteiger partial charge in [0.25, 0.3) is 0 Å². The van der Waals surface area contributed by atoms with Gasteiger partial charge in [0.1, 0.15) is 12.6 Å². The van der Waals surface area contributed by atoms with Crippen LogP contribution in [0.4, 0.5) is 0 Å². The number of rotatable bonds is 13. The summed E-state index contributed by atoms with van der Waals surface area (Å²) in [5.41, 5.74) is 3.35. The Morgan fingerprint density at radius 1 is 0.941 bits per heavy atom. The number of allylic oxidation sites excluding steroid dienone is 1. The molecule has 3 N–H and O–H groups in total. The van der Waals surface area contributed by atoms with Gasteiger partial charge in [0.15, 0.2) is 0 Å². The first kappa shape index (κ1) is 26.8. The van der Waals surface area contributed by atoms with Crippen LogP contribution in [0.3, 0.4) is 0 Å². The fourth-order valence-electron chi connectivity index (χ4n) is 3.83. The van der Waals surface area contributed by atoms with E-state index in [0.29, 0.717) is 6.42 Å². The number of hydroxylamine groups is 1. The fourth-order valence-corrected chi connectivity index (χ4v) is 3.83. The second-order valence-electron chi connectivity index (χ2n) is 8.69. The molecule has 0 bridgehead atoms. The van der Waals surface area contributed by atoms with E-state index in [9.17, 15) is 19.6 Å². The summed E-state index contributed by atoms with van der Waals surface area (Å²) in [6.45, 7) is 7.64. The molecule has 1 unspecified atom stereocenters. The second kappa shape index (κ2) is 14.0. The molecule has 0 fully saturated rings. The number of hydrogen-bond donors (Lipinski definition) is 3. The van der Waals surface area contributed by atoms with Crippen molar-refractivity contribution in [3.05, 3.63) is 84.4 Å². The Morgan fingerprint density at radius 3 is 2.06 bits per heavy atom. The molecule has 0 heterocycles. The van der Waals surface area contributed by atoms with Gasteiger partial charge < -0.3 is 10.1 Å². The van der Waals surface area contributed by atoms with E-state index in [0.717, 1.165) is 11.1 Å². The first-order chi connectivity index (χ1) is 16.3. The largest absolute Gasteiger partial charge is 0.459 e. The number of ether oxygens (including phenoxy) is 1. The predicted molar refractivity (Wildman–Crippen MR) is 129 cm³/mol. The highest BCUT2D eigenvalue weighted by Crippen LogP contribution is 2.25. The molecule has 0 saturated heterocycles. The Morgan fingerprint density at radius 2 is 1.53 bits per heavy atom. The van der Waals surface area contributed by atoms with Crippen LogP contribution in [0.2, 0.25) is 0 Å². The van der Waals surface area contributed by atoms with Crippen LogP contribution in [0.15, 0.2) is 73.3 Å². The minimum absolute atomic E-state index is 0.0856. The number of amides is 2. The molecule has 0 aliphatic carbocycles. The molecule has 0 spiro atoms. The molecule has 7 nitrogen and oxygen atoms in total. The molecule has 2 aromatic carbocycles. The van der Waals surface area contributed by atoms with Crippen LogP contribution in [-0.4, -0.2) is 29.0 Å². The summed E-state index contributed by atoms with van der Waals surface area (Å²) in [7, 11) is 0. The standard InChI is InChI=1S/C27H34N2O5/c1-4-11-22(26(31)29-33)23(16-19(2)3)25(30)28-24(17-20-12-7-5-8-13-20)27(32)34-18-21-14-9-6-10-15-21/h4-10,12-15,19,22-24,33H,1,11,16-18H2,2-3H3,(H,28,30)(H,29,31)/t22-,23+,24?/m0/s1. The molecular formula is C27H34N2O5. The Bertz CT molecular complexity index is 931. The first-order valence-electron chi connectivity index (χ1n) is 11.4. The van der Waals surface area contributed by atoms with Crippen LogP contribution < -0.4 is 10.8 Å². The highest BCUT2D eigenvalue weighted by Gasteiger charge is 2.35. The maximum atomic E-state index is 13.4. The van der Waals surface area contributed by atoms with Crippen LogP contribution in [0.1, 0.15) is 37.8 Å². The Balaban J connectivity index is 2.24. The van der Waals surface area contributed by atoms with Crippen LogP contribution in [-0.2, 0) is 32.1 Å². The fraction of sp³-hybridized carbons (Fsp3) is 0.370. The van der Waals surface area contributed by atoms with E-state index in [1.807, 2.05) is 74.5 Å². The van der Waals surface area contributed by atoms with E-state index in [4.69, 9.17) is 4.74 Å². The monoisotopic (exact) mass is 466 g/mol. The zero-order valence-electron chi connectivity index (χ0n) is 19.8. The van der Waals surface area contributed by atoms with Crippen LogP contribution in [0.25, 0.3) is 0 Å². The van der Waals surface area contributed by atoms with Gasteiger partial charge in [-0.25, -0.2) is 10.3 Å². The maximum Gasteiger partial charge on any atom is 0.329 e. The minimum atomic E-state index is -0.935. The number of benzene rings is 2. The van der Waals surface area contributed by atoms with Gasteiger partial charge in [-0.2, -0.15) is 0 Å². The highest BCUT2D eigenvalue weighted by molar-refractivity contribution is 5.90. The molecule has 182 valence electrons. The van der Waals surface area contributed by atoms with Crippen molar-refractivity contribution in [1.29, 1.82) is 0 Å². The Kier molecular flexibility index (Phi) is 11.0. The van der Waals surface area contributed by atoms with Crippen molar-refractivity contribution in [1.82, 2.24) is 10.8 Å². The van der Waals surface area contributed by atoms with Gasteiger partial charge in [-0.05, 0) is 29.9 Å². The normalized spacial score (nSPS) is 13.4. The molecule has 0 aliphatic rings. The van der Waals surface area contributed by atoms with Crippen molar-refractivity contribution in [2.75, 3.05) is 0 Å². The molecule has 34 heavy (non-hydrogen) atoms. The molecule has 3 atom stereocenters. The predicted octanol–water partition coefficient (Wildman–Crippen LogP) is 3.82. The van der Waals surface area contributed by atoms with Gasteiger partial charge in [-0.15, -0.1) is 6.58 Å². The molecule has 2 rings (SSSR count). The molecule has 7 heteroatoms. The quantitative estimate of drug-likeness (QED) is 0.180. The van der Waals surface area contributed by atoms with Crippen molar-refractivity contribution >= 4 is 17.8 Å². The van der Waals surface area contributed by atoms with Crippen molar-refractivity contribution in [3.8, 4) is 0 Å². The van der Waals surface area contributed by atoms with E-state index in [-0.39, 0.29) is 25.4 Å². The molecule has 2 aromatic rings. The lowest BCUT2D eigenvalue weighted by Crippen LogP contribution is -2.49. The third kappa shape index (κ3) is 8.48. The van der Waals surface area contributed by atoms with E-state index in [2.05, 4.69) is 11.9 Å². The zero-order chi connectivity index (χ0) is 24.9. The molecule has 2 amide bonds. The summed E-state index contributed by atoms with van der Waals surface area (Å²) in [4.78, 5) is 38.7. The molecular weight excluding hydrogens is 432 g/mol. The van der Waals surface area contributed by atoms with Gasteiger partial charge >= 0.3 is 5.97 Å². The Labute approximate surface area is 201 Å². The third-order valence-corrected chi connectivity index (χ3v) is 5.52. The molecule has 0 aliphatic heterocycles. The average Bonchev–Trinajstić information content (AvgIpc) is 2.84. The summed E-state index contributed by atoms with van der Waals surface area (Å²) in [6.07, 6.45) is 2.39. The third-order valence-electron chi connectivity index (χ3n) is 5.52. The lowest BCUT2D eigenvalue weighted by molar-refractivity contribution is -0.150. The first-order valence-corrected chi connectivity index (χ1v) is 11.4.